The van der Waals surface area contributed by atoms with Gasteiger partial charge in [0.05, 0.1) is 30.5 Å². The molecule has 0 saturated carbocycles. The van der Waals surface area contributed by atoms with Gasteiger partial charge in [-0.3, -0.25) is 19.4 Å². The maximum Gasteiger partial charge on any atom is 0.226 e. The van der Waals surface area contributed by atoms with Crippen molar-refractivity contribution in [2.75, 3.05) is 26.8 Å². The summed E-state index contributed by atoms with van der Waals surface area (Å²) in [5.74, 6) is -0.106. The van der Waals surface area contributed by atoms with E-state index in [1.165, 1.54) is 0 Å². The van der Waals surface area contributed by atoms with E-state index in [-0.39, 0.29) is 11.8 Å². The van der Waals surface area contributed by atoms with Crippen LogP contribution in [0.4, 0.5) is 0 Å². The van der Waals surface area contributed by atoms with Crippen LogP contribution in [0.2, 0.25) is 0 Å². The Kier molecular flexibility index (Phi) is 5.78. The lowest BCUT2D eigenvalue weighted by molar-refractivity contribution is -0.126. The van der Waals surface area contributed by atoms with Crippen LogP contribution >= 0.6 is 0 Å². The van der Waals surface area contributed by atoms with E-state index in [4.69, 9.17) is 4.74 Å². The van der Waals surface area contributed by atoms with Crippen LogP contribution in [0.25, 0.3) is 0 Å². The Hall–Kier alpha value is -2.25. The number of pyridine rings is 1. The molecule has 0 bridgehead atoms. The van der Waals surface area contributed by atoms with E-state index in [0.29, 0.717) is 32.8 Å². The van der Waals surface area contributed by atoms with Crippen molar-refractivity contribution in [2.45, 2.75) is 26.6 Å². The second-order valence-electron chi connectivity index (χ2n) is 6.43. The molecular formula is C18H25N5O2. The van der Waals surface area contributed by atoms with Crippen molar-refractivity contribution in [3.8, 4) is 0 Å². The van der Waals surface area contributed by atoms with Crippen LogP contribution < -0.4 is 5.32 Å². The highest BCUT2D eigenvalue weighted by molar-refractivity contribution is 5.78. The Labute approximate surface area is 148 Å². The fraction of sp³-hybridized carbons (Fsp3) is 0.500. The maximum atomic E-state index is 12.6. The van der Waals surface area contributed by atoms with Crippen LogP contribution in [0.3, 0.4) is 0 Å². The topological polar surface area (TPSA) is 72.3 Å². The van der Waals surface area contributed by atoms with Gasteiger partial charge in [0.15, 0.2) is 0 Å². The Morgan fingerprint density at radius 3 is 3.04 bits per heavy atom. The van der Waals surface area contributed by atoms with E-state index in [2.05, 4.69) is 20.3 Å². The Bertz CT molecular complexity index is 715. The normalized spacial score (nSPS) is 17.8. The second-order valence-corrected chi connectivity index (χ2v) is 6.43. The van der Waals surface area contributed by atoms with E-state index >= 15 is 0 Å². The molecule has 3 heterocycles. The van der Waals surface area contributed by atoms with Gasteiger partial charge in [0, 0.05) is 45.2 Å². The molecule has 7 heteroatoms. The Morgan fingerprint density at radius 2 is 2.24 bits per heavy atom. The highest BCUT2D eigenvalue weighted by atomic mass is 16.5. The Balaban J connectivity index is 1.73. The molecule has 0 aliphatic carbocycles. The predicted octanol–water partition coefficient (Wildman–Crippen LogP) is 0.981. The fourth-order valence-electron chi connectivity index (χ4n) is 3.15. The van der Waals surface area contributed by atoms with Crippen molar-refractivity contribution < 1.29 is 9.53 Å². The number of rotatable bonds is 6. The highest BCUT2D eigenvalue weighted by Crippen LogP contribution is 2.18. The molecule has 25 heavy (non-hydrogen) atoms. The molecule has 0 aromatic carbocycles. The summed E-state index contributed by atoms with van der Waals surface area (Å²) in [5.41, 5.74) is 3.15. The minimum Gasteiger partial charge on any atom is -0.383 e. The summed E-state index contributed by atoms with van der Waals surface area (Å²) in [6, 6.07) is 8.06. The first-order valence-corrected chi connectivity index (χ1v) is 8.58. The van der Waals surface area contributed by atoms with Crippen molar-refractivity contribution in [2.24, 2.45) is 5.92 Å². The van der Waals surface area contributed by atoms with Gasteiger partial charge in [0.1, 0.15) is 0 Å². The number of methoxy groups -OCH3 is 1. The van der Waals surface area contributed by atoms with Gasteiger partial charge in [-0.05, 0) is 25.1 Å². The van der Waals surface area contributed by atoms with Crippen LogP contribution in [0.5, 0.6) is 0 Å². The summed E-state index contributed by atoms with van der Waals surface area (Å²) in [5, 5.41) is 7.32. The number of nitrogens with one attached hydrogen (secondary N) is 1. The summed E-state index contributed by atoms with van der Waals surface area (Å²) in [4.78, 5) is 19.4. The third-order valence-electron chi connectivity index (χ3n) is 4.37. The summed E-state index contributed by atoms with van der Waals surface area (Å²) in [7, 11) is 1.63. The first-order chi connectivity index (χ1) is 12.2. The zero-order valence-electron chi connectivity index (χ0n) is 14.8. The lowest BCUT2D eigenvalue weighted by Gasteiger charge is -2.23. The van der Waals surface area contributed by atoms with Crippen LogP contribution in [0, 0.1) is 12.8 Å². The van der Waals surface area contributed by atoms with Crippen LogP contribution in [-0.2, 0) is 29.2 Å². The zero-order chi connectivity index (χ0) is 17.6. The summed E-state index contributed by atoms with van der Waals surface area (Å²) in [6.07, 6.45) is 1.80. The van der Waals surface area contributed by atoms with Crippen LogP contribution in [-0.4, -0.2) is 52.4 Å². The number of aromatic nitrogens is 3. The van der Waals surface area contributed by atoms with E-state index in [9.17, 15) is 4.79 Å². The molecule has 1 N–H and O–H groups in total. The SMILES string of the molecule is COCCNC(=O)C1CN(Cc2cccc(C)n2)Cc2ccnn2C1. The molecular weight excluding hydrogens is 318 g/mol. The van der Waals surface area contributed by atoms with Gasteiger partial charge in [-0.25, -0.2) is 0 Å². The predicted molar refractivity (Wildman–Crippen MR) is 93.7 cm³/mol. The number of hydrogen-bond donors (Lipinski definition) is 1. The second kappa shape index (κ2) is 8.22. The smallest absolute Gasteiger partial charge is 0.226 e. The molecule has 0 radical (unpaired) electrons. The van der Waals surface area contributed by atoms with Crippen molar-refractivity contribution in [3.05, 3.63) is 47.5 Å². The molecule has 1 unspecified atom stereocenters. The molecule has 1 aliphatic rings. The highest BCUT2D eigenvalue weighted by Gasteiger charge is 2.27. The number of amides is 1. The third kappa shape index (κ3) is 4.64. The molecule has 2 aromatic rings. The average Bonchev–Trinajstić information content (AvgIpc) is 2.94. The van der Waals surface area contributed by atoms with Crippen molar-refractivity contribution in [1.29, 1.82) is 0 Å². The first-order valence-electron chi connectivity index (χ1n) is 8.58. The molecule has 0 spiro atoms. The van der Waals surface area contributed by atoms with Crippen molar-refractivity contribution in [1.82, 2.24) is 25.0 Å². The average molecular weight is 343 g/mol. The van der Waals surface area contributed by atoms with E-state index in [1.54, 1.807) is 13.3 Å². The van der Waals surface area contributed by atoms with Gasteiger partial charge in [-0.1, -0.05) is 6.07 Å². The number of hydrogen-bond acceptors (Lipinski definition) is 5. The van der Waals surface area contributed by atoms with Gasteiger partial charge in [-0.15, -0.1) is 0 Å². The third-order valence-corrected chi connectivity index (χ3v) is 4.37. The molecule has 1 amide bonds. The summed E-state index contributed by atoms with van der Waals surface area (Å²) < 4.78 is 6.94. The minimum atomic E-state index is -0.150. The van der Waals surface area contributed by atoms with Gasteiger partial charge in [-0.2, -0.15) is 5.10 Å². The maximum absolute atomic E-state index is 12.6. The van der Waals surface area contributed by atoms with E-state index in [0.717, 1.165) is 23.6 Å². The van der Waals surface area contributed by atoms with Crippen molar-refractivity contribution in [3.63, 3.8) is 0 Å². The van der Waals surface area contributed by atoms with E-state index in [1.807, 2.05) is 35.9 Å². The molecule has 2 aromatic heterocycles. The van der Waals surface area contributed by atoms with Gasteiger partial charge < -0.3 is 10.1 Å². The van der Waals surface area contributed by atoms with E-state index < -0.39 is 0 Å². The molecule has 0 fully saturated rings. The zero-order valence-corrected chi connectivity index (χ0v) is 14.8. The first kappa shape index (κ1) is 17.6. The number of nitrogens with zero attached hydrogens (tertiary/aromatic N) is 4. The number of aryl methyl sites for hydroxylation is 1. The quantitative estimate of drug-likeness (QED) is 0.792. The molecule has 1 aliphatic heterocycles. The molecule has 7 nitrogen and oxygen atoms in total. The van der Waals surface area contributed by atoms with Gasteiger partial charge in [0.25, 0.3) is 0 Å². The molecule has 0 saturated heterocycles. The fourth-order valence-corrected chi connectivity index (χ4v) is 3.15. The molecule has 3 rings (SSSR count). The van der Waals surface area contributed by atoms with Gasteiger partial charge in [0.2, 0.25) is 5.91 Å². The summed E-state index contributed by atoms with van der Waals surface area (Å²) in [6.45, 7) is 5.79. The Morgan fingerprint density at radius 1 is 1.36 bits per heavy atom. The monoisotopic (exact) mass is 343 g/mol. The van der Waals surface area contributed by atoms with Crippen molar-refractivity contribution >= 4 is 5.91 Å². The number of ether oxygens (including phenoxy) is 1. The number of carbonyl (C=O) groups excluding carboxylic acids is 1. The lowest BCUT2D eigenvalue weighted by Crippen LogP contribution is -2.40. The number of fused-ring (bicyclic) bond motifs is 1. The molecule has 1 atom stereocenters. The standard InChI is InChI=1S/C18H25N5O2/c1-14-4-3-5-16(21-14)12-22-10-15(18(24)19-8-9-25-2)11-23-17(13-22)6-7-20-23/h3-7,15H,8-13H2,1-2H3,(H,19,24). The number of carbonyl (C=O) groups is 1. The van der Waals surface area contributed by atoms with Gasteiger partial charge >= 0.3 is 0 Å². The van der Waals surface area contributed by atoms with Crippen LogP contribution in [0.15, 0.2) is 30.5 Å². The minimum absolute atomic E-state index is 0.0441. The summed E-state index contributed by atoms with van der Waals surface area (Å²) >= 11 is 0. The van der Waals surface area contributed by atoms with Crippen LogP contribution in [0.1, 0.15) is 17.1 Å². The molecule has 134 valence electrons. The largest absolute Gasteiger partial charge is 0.383 e. The lowest BCUT2D eigenvalue weighted by atomic mass is 10.1.